The monoisotopic (exact) mass is 252 g/mol. The van der Waals surface area contributed by atoms with E-state index in [9.17, 15) is 4.79 Å². The number of amides is 1. The Hall–Kier alpha value is -1.03. The molecule has 4 heteroatoms. The lowest BCUT2D eigenvalue weighted by Gasteiger charge is -2.13. The highest BCUT2D eigenvalue weighted by Crippen LogP contribution is 2.40. The van der Waals surface area contributed by atoms with Gasteiger partial charge in [0.15, 0.2) is 0 Å². The maximum Gasteiger partial charge on any atom is 0.254 e. The number of thiophene rings is 1. The van der Waals surface area contributed by atoms with Crippen LogP contribution < -0.4 is 11.1 Å². The third-order valence-electron chi connectivity index (χ3n) is 3.29. The molecular weight excluding hydrogens is 232 g/mol. The third kappa shape index (κ3) is 2.63. The van der Waals surface area contributed by atoms with Crippen LogP contribution in [0, 0.1) is 0 Å². The summed E-state index contributed by atoms with van der Waals surface area (Å²) in [5.41, 5.74) is 7.84. The molecule has 0 saturated heterocycles. The Kier molecular flexibility index (Phi) is 3.72. The zero-order valence-corrected chi connectivity index (χ0v) is 11.3. The van der Waals surface area contributed by atoms with Gasteiger partial charge in [0.2, 0.25) is 0 Å². The molecule has 0 bridgehead atoms. The summed E-state index contributed by atoms with van der Waals surface area (Å²) in [5, 5.41) is 5.67. The molecular formula is C13H20N2OS. The van der Waals surface area contributed by atoms with E-state index in [4.69, 9.17) is 5.73 Å². The summed E-state index contributed by atoms with van der Waals surface area (Å²) in [5.74, 6) is 0.525. The summed E-state index contributed by atoms with van der Waals surface area (Å²) >= 11 is 1.49. The average molecular weight is 252 g/mol. The Balaban J connectivity index is 2.25. The second-order valence-corrected chi connectivity index (χ2v) is 5.95. The van der Waals surface area contributed by atoms with Crippen molar-refractivity contribution in [3.8, 4) is 0 Å². The predicted molar refractivity (Wildman–Crippen MR) is 72.5 cm³/mol. The number of carbonyl (C=O) groups excluding carboxylic acids is 1. The van der Waals surface area contributed by atoms with Crippen LogP contribution in [0.5, 0.6) is 0 Å². The summed E-state index contributed by atoms with van der Waals surface area (Å²) in [7, 11) is 0. The second-order valence-electron chi connectivity index (χ2n) is 5.04. The first-order chi connectivity index (χ1) is 8.09. The molecule has 3 N–H and O–H groups in total. The number of carbonyl (C=O) groups is 1. The first kappa shape index (κ1) is 12.4. The van der Waals surface area contributed by atoms with Gasteiger partial charge in [-0.1, -0.05) is 12.8 Å². The van der Waals surface area contributed by atoms with Gasteiger partial charge < -0.3 is 11.1 Å². The summed E-state index contributed by atoms with van der Waals surface area (Å²) in [6, 6.07) is 0.151. The van der Waals surface area contributed by atoms with Gasteiger partial charge >= 0.3 is 0 Å². The fourth-order valence-electron chi connectivity index (χ4n) is 2.50. The summed E-state index contributed by atoms with van der Waals surface area (Å²) in [4.78, 5) is 12.1. The highest BCUT2D eigenvalue weighted by Gasteiger charge is 2.26. The van der Waals surface area contributed by atoms with Gasteiger partial charge in [0, 0.05) is 6.04 Å². The first-order valence-corrected chi connectivity index (χ1v) is 7.15. The quantitative estimate of drug-likeness (QED) is 0.868. The van der Waals surface area contributed by atoms with Crippen molar-refractivity contribution in [2.24, 2.45) is 0 Å². The van der Waals surface area contributed by atoms with Crippen LogP contribution in [-0.2, 0) is 0 Å². The van der Waals surface area contributed by atoms with Crippen molar-refractivity contribution >= 4 is 22.2 Å². The normalized spacial score (nSPS) is 16.6. The summed E-state index contributed by atoms with van der Waals surface area (Å²) in [6.45, 7) is 3.94. The number of anilines is 1. The van der Waals surface area contributed by atoms with Crippen molar-refractivity contribution in [3.63, 3.8) is 0 Å². The average Bonchev–Trinajstić information content (AvgIpc) is 2.84. The molecule has 2 rings (SSSR count). The molecule has 0 unspecified atom stereocenters. The molecule has 94 valence electrons. The van der Waals surface area contributed by atoms with Gasteiger partial charge in [-0.3, -0.25) is 4.79 Å². The van der Waals surface area contributed by atoms with E-state index in [2.05, 4.69) is 10.7 Å². The van der Waals surface area contributed by atoms with E-state index in [1.807, 2.05) is 13.8 Å². The maximum atomic E-state index is 12.1. The van der Waals surface area contributed by atoms with Gasteiger partial charge in [0.05, 0.1) is 10.6 Å². The highest BCUT2D eigenvalue weighted by molar-refractivity contribution is 7.14. The molecule has 0 radical (unpaired) electrons. The molecule has 1 fully saturated rings. The number of nitrogen functional groups attached to an aromatic ring is 1. The summed E-state index contributed by atoms with van der Waals surface area (Å²) in [6.07, 6.45) is 4.92. The van der Waals surface area contributed by atoms with Crippen LogP contribution in [0.25, 0.3) is 0 Å². The smallest absolute Gasteiger partial charge is 0.254 e. The molecule has 0 aliphatic heterocycles. The van der Waals surface area contributed by atoms with E-state index in [-0.39, 0.29) is 11.9 Å². The van der Waals surface area contributed by atoms with Crippen LogP contribution in [0.2, 0.25) is 0 Å². The Labute approximate surface area is 106 Å². The third-order valence-corrected chi connectivity index (χ3v) is 4.12. The van der Waals surface area contributed by atoms with Gasteiger partial charge in [-0.05, 0) is 43.6 Å². The standard InChI is InChI=1S/C13H20N2OS/c1-8(2)15-13(16)11-10(7-17-12(11)14)9-5-3-4-6-9/h7-9H,3-6,14H2,1-2H3,(H,15,16). The van der Waals surface area contributed by atoms with Crippen molar-refractivity contribution in [2.75, 3.05) is 5.73 Å². The molecule has 0 atom stereocenters. The largest absolute Gasteiger partial charge is 0.390 e. The van der Waals surface area contributed by atoms with Crippen LogP contribution in [0.4, 0.5) is 5.00 Å². The van der Waals surface area contributed by atoms with Crippen LogP contribution in [0.1, 0.15) is 61.4 Å². The van der Waals surface area contributed by atoms with E-state index >= 15 is 0 Å². The first-order valence-electron chi connectivity index (χ1n) is 6.27. The zero-order chi connectivity index (χ0) is 12.4. The van der Waals surface area contributed by atoms with Gasteiger partial charge in [-0.2, -0.15) is 0 Å². The molecule has 1 aromatic heterocycles. The fraction of sp³-hybridized carbons (Fsp3) is 0.615. The van der Waals surface area contributed by atoms with E-state index in [0.717, 1.165) is 5.56 Å². The molecule has 0 spiro atoms. The molecule has 1 amide bonds. The number of hydrogen-bond acceptors (Lipinski definition) is 3. The van der Waals surface area contributed by atoms with Gasteiger partial charge in [-0.25, -0.2) is 0 Å². The molecule has 1 aliphatic rings. The molecule has 0 aromatic carbocycles. The molecule has 1 saturated carbocycles. The number of hydrogen-bond donors (Lipinski definition) is 2. The van der Waals surface area contributed by atoms with E-state index in [0.29, 0.717) is 10.9 Å². The Morgan fingerprint density at radius 2 is 2.12 bits per heavy atom. The lowest BCUT2D eigenvalue weighted by Crippen LogP contribution is -2.31. The van der Waals surface area contributed by atoms with Crippen molar-refractivity contribution in [3.05, 3.63) is 16.5 Å². The zero-order valence-electron chi connectivity index (χ0n) is 10.5. The van der Waals surface area contributed by atoms with Gasteiger partial charge in [0.25, 0.3) is 5.91 Å². The number of nitrogens with one attached hydrogen (secondary N) is 1. The van der Waals surface area contributed by atoms with Crippen molar-refractivity contribution in [1.82, 2.24) is 5.32 Å². The van der Waals surface area contributed by atoms with Crippen LogP contribution in [0.3, 0.4) is 0 Å². The minimum Gasteiger partial charge on any atom is -0.390 e. The fourth-order valence-corrected chi connectivity index (χ4v) is 3.39. The van der Waals surface area contributed by atoms with Crippen LogP contribution >= 0.6 is 11.3 Å². The SMILES string of the molecule is CC(C)NC(=O)c1c(C2CCCC2)csc1N. The van der Waals surface area contributed by atoms with E-state index in [1.165, 1.54) is 42.6 Å². The second kappa shape index (κ2) is 5.08. The Morgan fingerprint density at radius 3 is 2.71 bits per heavy atom. The lowest BCUT2D eigenvalue weighted by molar-refractivity contribution is 0.0943. The van der Waals surface area contributed by atoms with E-state index in [1.54, 1.807) is 0 Å². The molecule has 1 heterocycles. The van der Waals surface area contributed by atoms with Crippen LogP contribution in [-0.4, -0.2) is 11.9 Å². The topological polar surface area (TPSA) is 55.1 Å². The molecule has 3 nitrogen and oxygen atoms in total. The molecule has 1 aliphatic carbocycles. The Morgan fingerprint density at radius 1 is 1.47 bits per heavy atom. The van der Waals surface area contributed by atoms with Crippen molar-refractivity contribution < 1.29 is 4.79 Å². The van der Waals surface area contributed by atoms with Crippen molar-refractivity contribution in [2.45, 2.75) is 51.5 Å². The lowest BCUT2D eigenvalue weighted by atomic mass is 9.96. The predicted octanol–water partition coefficient (Wildman–Crippen LogP) is 3.13. The minimum atomic E-state index is -0.0133. The molecule has 17 heavy (non-hydrogen) atoms. The highest BCUT2D eigenvalue weighted by atomic mass is 32.1. The number of rotatable bonds is 3. The summed E-state index contributed by atoms with van der Waals surface area (Å²) < 4.78 is 0. The van der Waals surface area contributed by atoms with Crippen molar-refractivity contribution in [1.29, 1.82) is 0 Å². The van der Waals surface area contributed by atoms with Gasteiger partial charge in [-0.15, -0.1) is 11.3 Å². The van der Waals surface area contributed by atoms with Crippen LogP contribution in [0.15, 0.2) is 5.38 Å². The van der Waals surface area contributed by atoms with E-state index < -0.39 is 0 Å². The number of nitrogens with two attached hydrogens (primary N) is 1. The Bertz CT molecular complexity index is 406. The molecule has 1 aromatic rings. The van der Waals surface area contributed by atoms with Gasteiger partial charge in [0.1, 0.15) is 0 Å². The maximum absolute atomic E-state index is 12.1. The minimum absolute atomic E-state index is 0.0133.